The summed E-state index contributed by atoms with van der Waals surface area (Å²) in [5, 5.41) is 12.5. The lowest BCUT2D eigenvalue weighted by Crippen LogP contribution is -2.43. The second-order valence-corrected chi connectivity index (χ2v) is 4.01. The smallest absolute Gasteiger partial charge is 0.382 e. The SMILES string of the molecule is Nc1ccn(B(n2ccc(N)n2)n2ccc(N)n2)n1. The Bertz CT molecular complexity index is 600. The maximum Gasteiger partial charge on any atom is 0.568 e. The van der Waals surface area contributed by atoms with Gasteiger partial charge in [-0.1, -0.05) is 0 Å². The van der Waals surface area contributed by atoms with Crippen LogP contribution in [0.5, 0.6) is 0 Å². The molecule has 0 amide bonds. The lowest BCUT2D eigenvalue weighted by Gasteiger charge is -2.12. The van der Waals surface area contributed by atoms with Crippen LogP contribution in [0.2, 0.25) is 0 Å². The van der Waals surface area contributed by atoms with Crippen molar-refractivity contribution in [2.45, 2.75) is 0 Å². The monoisotopic (exact) mass is 257 g/mol. The van der Waals surface area contributed by atoms with Crippen LogP contribution in [0.3, 0.4) is 0 Å². The second-order valence-electron chi connectivity index (χ2n) is 4.01. The molecule has 0 bridgehead atoms. The van der Waals surface area contributed by atoms with Crippen LogP contribution in [-0.2, 0) is 0 Å². The summed E-state index contributed by atoms with van der Waals surface area (Å²) in [4.78, 5) is 0. The molecule has 6 N–H and O–H groups in total. The van der Waals surface area contributed by atoms with Gasteiger partial charge in [0, 0.05) is 18.6 Å². The molecule has 0 saturated carbocycles. The van der Waals surface area contributed by atoms with Crippen LogP contribution in [-0.4, -0.2) is 36.2 Å². The number of rotatable bonds is 3. The molecule has 0 aliphatic heterocycles. The van der Waals surface area contributed by atoms with Gasteiger partial charge in [-0.2, -0.15) is 15.3 Å². The van der Waals surface area contributed by atoms with Crippen LogP contribution in [0.4, 0.5) is 17.5 Å². The minimum absolute atomic E-state index is 0.408. The summed E-state index contributed by atoms with van der Waals surface area (Å²) < 4.78 is 4.86. The van der Waals surface area contributed by atoms with Crippen LogP contribution < -0.4 is 17.2 Å². The van der Waals surface area contributed by atoms with Crippen molar-refractivity contribution in [1.82, 2.24) is 29.1 Å². The molecular weight excluding hydrogens is 245 g/mol. The van der Waals surface area contributed by atoms with Gasteiger partial charge in [0.05, 0.1) is 0 Å². The van der Waals surface area contributed by atoms with Gasteiger partial charge in [0.15, 0.2) is 0 Å². The average Bonchev–Trinajstić information content (AvgIpc) is 3.05. The van der Waals surface area contributed by atoms with Crippen molar-refractivity contribution in [2.24, 2.45) is 0 Å². The summed E-state index contributed by atoms with van der Waals surface area (Å²) in [6.07, 6.45) is 5.20. The van der Waals surface area contributed by atoms with Crippen molar-refractivity contribution in [3.05, 3.63) is 36.8 Å². The van der Waals surface area contributed by atoms with E-state index in [4.69, 9.17) is 17.2 Å². The zero-order valence-electron chi connectivity index (χ0n) is 9.96. The summed E-state index contributed by atoms with van der Waals surface area (Å²) in [5.74, 6) is 1.22. The lowest BCUT2D eigenvalue weighted by atomic mass is 9.96. The van der Waals surface area contributed by atoms with E-state index < -0.39 is 7.12 Å². The quantitative estimate of drug-likeness (QED) is 0.513. The molecule has 10 heteroatoms. The third kappa shape index (κ3) is 1.99. The topological polar surface area (TPSA) is 132 Å². The molecular formula is C9H12BN9. The summed E-state index contributed by atoms with van der Waals surface area (Å²) in [6, 6.07) is 5.06. The van der Waals surface area contributed by atoms with Gasteiger partial charge in [-0.15, -0.1) is 0 Å². The molecule has 3 aromatic heterocycles. The van der Waals surface area contributed by atoms with Gasteiger partial charge in [-0.25, -0.2) is 0 Å². The van der Waals surface area contributed by atoms with Crippen LogP contribution in [0.15, 0.2) is 36.8 Å². The first-order valence-electron chi connectivity index (χ1n) is 5.55. The van der Waals surface area contributed by atoms with Gasteiger partial charge in [0.1, 0.15) is 17.5 Å². The number of nitrogens with zero attached hydrogens (tertiary/aromatic N) is 6. The van der Waals surface area contributed by atoms with Crippen LogP contribution in [0.25, 0.3) is 0 Å². The van der Waals surface area contributed by atoms with E-state index in [2.05, 4.69) is 15.3 Å². The maximum atomic E-state index is 5.64. The average molecular weight is 257 g/mol. The highest BCUT2D eigenvalue weighted by atomic mass is 15.5. The Morgan fingerprint density at radius 1 is 0.684 bits per heavy atom. The van der Waals surface area contributed by atoms with Crippen molar-refractivity contribution in [1.29, 1.82) is 0 Å². The normalized spacial score (nSPS) is 10.7. The van der Waals surface area contributed by atoms with Gasteiger partial charge >= 0.3 is 7.12 Å². The Hall–Kier alpha value is -2.91. The van der Waals surface area contributed by atoms with E-state index in [-0.39, 0.29) is 0 Å². The van der Waals surface area contributed by atoms with E-state index >= 15 is 0 Å². The molecule has 0 aliphatic rings. The van der Waals surface area contributed by atoms with Gasteiger partial charge in [0.2, 0.25) is 0 Å². The molecule has 9 nitrogen and oxygen atoms in total. The first kappa shape index (κ1) is 11.2. The third-order valence-electron chi connectivity index (χ3n) is 2.60. The predicted octanol–water partition coefficient (Wildman–Crippen LogP) is -1.05. The lowest BCUT2D eigenvalue weighted by molar-refractivity contribution is 0.776. The Balaban J connectivity index is 2.10. The molecule has 3 aromatic rings. The molecule has 0 fully saturated rings. The van der Waals surface area contributed by atoms with E-state index in [1.54, 1.807) is 50.6 Å². The van der Waals surface area contributed by atoms with Crippen LogP contribution in [0, 0.1) is 0 Å². The molecule has 0 saturated heterocycles. The number of hydrogen-bond donors (Lipinski definition) is 3. The van der Waals surface area contributed by atoms with Crippen LogP contribution >= 0.6 is 0 Å². The van der Waals surface area contributed by atoms with E-state index in [1.165, 1.54) is 0 Å². The Morgan fingerprint density at radius 2 is 1.00 bits per heavy atom. The Labute approximate surface area is 108 Å². The summed E-state index contributed by atoms with van der Waals surface area (Å²) in [7, 11) is -0.452. The highest BCUT2D eigenvalue weighted by Crippen LogP contribution is 2.06. The minimum atomic E-state index is -0.452. The van der Waals surface area contributed by atoms with Gasteiger partial charge < -0.3 is 17.2 Å². The van der Waals surface area contributed by atoms with Crippen molar-refractivity contribution in [3.63, 3.8) is 0 Å². The first-order valence-corrected chi connectivity index (χ1v) is 5.55. The standard InChI is InChI=1S/C9H12BN9/c11-7-1-4-17(14-7)10(18-5-2-8(12)15-18)19-6-3-9(13)16-19/h1-6H,(H2,11,14)(H2,12,15)(H2,13,16). The Morgan fingerprint density at radius 3 is 1.21 bits per heavy atom. The van der Waals surface area contributed by atoms with E-state index in [1.807, 2.05) is 0 Å². The molecule has 0 aromatic carbocycles. The van der Waals surface area contributed by atoms with E-state index in [0.29, 0.717) is 17.5 Å². The fourth-order valence-corrected chi connectivity index (χ4v) is 1.81. The summed E-state index contributed by atoms with van der Waals surface area (Å²) in [6.45, 7) is 0. The molecule has 96 valence electrons. The van der Waals surface area contributed by atoms with Gasteiger partial charge in [-0.3, -0.25) is 13.8 Å². The van der Waals surface area contributed by atoms with Crippen molar-refractivity contribution < 1.29 is 0 Å². The zero-order valence-corrected chi connectivity index (χ0v) is 9.96. The number of nitrogens with two attached hydrogens (primary N) is 3. The highest BCUT2D eigenvalue weighted by molar-refractivity contribution is 6.52. The fourth-order valence-electron chi connectivity index (χ4n) is 1.81. The van der Waals surface area contributed by atoms with Crippen LogP contribution in [0.1, 0.15) is 0 Å². The number of anilines is 3. The van der Waals surface area contributed by atoms with Crippen molar-refractivity contribution in [3.8, 4) is 0 Å². The fraction of sp³-hybridized carbons (Fsp3) is 0. The van der Waals surface area contributed by atoms with Gasteiger partial charge in [-0.05, 0) is 18.2 Å². The third-order valence-corrected chi connectivity index (χ3v) is 2.60. The molecule has 0 radical (unpaired) electrons. The summed E-state index contributed by atoms with van der Waals surface area (Å²) >= 11 is 0. The van der Waals surface area contributed by atoms with E-state index in [9.17, 15) is 0 Å². The molecule has 19 heavy (non-hydrogen) atoms. The molecule has 3 heterocycles. The molecule has 0 aliphatic carbocycles. The van der Waals surface area contributed by atoms with Crippen molar-refractivity contribution in [2.75, 3.05) is 17.2 Å². The molecule has 0 spiro atoms. The zero-order chi connectivity index (χ0) is 13.4. The minimum Gasteiger partial charge on any atom is -0.382 e. The molecule has 3 rings (SSSR count). The van der Waals surface area contributed by atoms with E-state index in [0.717, 1.165) is 0 Å². The highest BCUT2D eigenvalue weighted by Gasteiger charge is 2.27. The second kappa shape index (κ2) is 4.08. The summed E-state index contributed by atoms with van der Waals surface area (Å²) in [5.41, 5.74) is 16.9. The maximum absolute atomic E-state index is 5.64. The first-order chi connectivity index (χ1) is 9.13. The number of nitrogen functional groups attached to an aromatic ring is 3. The predicted molar refractivity (Wildman–Crippen MR) is 71.9 cm³/mol. The molecule has 0 unspecified atom stereocenters. The van der Waals surface area contributed by atoms with Crippen molar-refractivity contribution >= 4 is 24.6 Å². The number of hydrogen-bond acceptors (Lipinski definition) is 6. The largest absolute Gasteiger partial charge is 0.568 e. The Kier molecular flexibility index (Phi) is 2.41. The molecule has 0 atom stereocenters. The van der Waals surface area contributed by atoms with Gasteiger partial charge in [0.25, 0.3) is 0 Å². The number of aromatic nitrogens is 6.